The highest BCUT2D eigenvalue weighted by molar-refractivity contribution is 6.34. The molecule has 5 heteroatoms. The highest BCUT2D eigenvalue weighted by atomic mass is 35.5. The molecule has 0 radical (unpaired) electrons. The van der Waals surface area contributed by atoms with E-state index in [1.54, 1.807) is 12.1 Å². The second-order valence-corrected chi connectivity index (χ2v) is 5.62. The Labute approximate surface area is 134 Å². The van der Waals surface area contributed by atoms with Crippen molar-refractivity contribution in [1.29, 1.82) is 0 Å². The molecule has 1 N–H and O–H groups in total. The molecule has 1 atom stereocenters. The van der Waals surface area contributed by atoms with E-state index >= 15 is 0 Å². The summed E-state index contributed by atoms with van der Waals surface area (Å²) in [4.78, 5) is 16.0. The van der Waals surface area contributed by atoms with Crippen LogP contribution in [0.25, 0.3) is 0 Å². The van der Waals surface area contributed by atoms with Crippen LogP contribution in [0.15, 0.2) is 42.5 Å². The Morgan fingerprint density at radius 2 is 1.90 bits per heavy atom. The van der Waals surface area contributed by atoms with Crippen molar-refractivity contribution in [2.45, 2.75) is 19.3 Å². The van der Waals surface area contributed by atoms with E-state index in [-0.39, 0.29) is 16.8 Å². The van der Waals surface area contributed by atoms with Crippen LogP contribution >= 0.6 is 23.2 Å². The van der Waals surface area contributed by atoms with Crippen LogP contribution in [0.2, 0.25) is 10.2 Å². The maximum absolute atomic E-state index is 12.0. The highest BCUT2D eigenvalue weighted by Gasteiger charge is 2.13. The Bertz CT molecular complexity index is 617. The molecule has 0 aliphatic rings. The molecular formula is C16H16Cl2N2O. The number of benzene rings is 1. The molecule has 0 aliphatic heterocycles. The summed E-state index contributed by atoms with van der Waals surface area (Å²) in [5.74, 6) is 0.0667. The minimum Gasteiger partial charge on any atom is -0.351 e. The molecule has 2 aromatic rings. The summed E-state index contributed by atoms with van der Waals surface area (Å²) >= 11 is 11.7. The molecule has 110 valence electrons. The van der Waals surface area contributed by atoms with Crippen LogP contribution in [-0.2, 0) is 0 Å². The SMILES string of the molecule is CC(CCNC(=O)c1nc(Cl)ccc1Cl)c1ccccc1. The number of hydrogen-bond acceptors (Lipinski definition) is 2. The van der Waals surface area contributed by atoms with Gasteiger partial charge in [-0.3, -0.25) is 4.79 Å². The third kappa shape index (κ3) is 4.45. The molecule has 0 saturated carbocycles. The number of aromatic nitrogens is 1. The zero-order chi connectivity index (χ0) is 15.2. The van der Waals surface area contributed by atoms with Crippen molar-refractivity contribution in [3.8, 4) is 0 Å². The molecule has 1 aromatic heterocycles. The molecule has 3 nitrogen and oxygen atoms in total. The molecule has 0 bridgehead atoms. The lowest BCUT2D eigenvalue weighted by Crippen LogP contribution is -2.26. The molecule has 1 aromatic carbocycles. The quantitative estimate of drug-likeness (QED) is 0.833. The van der Waals surface area contributed by atoms with E-state index in [0.717, 1.165) is 6.42 Å². The lowest BCUT2D eigenvalue weighted by molar-refractivity contribution is 0.0948. The van der Waals surface area contributed by atoms with Crippen LogP contribution in [0.1, 0.15) is 35.3 Å². The normalized spacial score (nSPS) is 12.0. The third-order valence-electron chi connectivity index (χ3n) is 3.26. The van der Waals surface area contributed by atoms with Crippen LogP contribution in [0, 0.1) is 0 Å². The topological polar surface area (TPSA) is 42.0 Å². The molecule has 0 fully saturated rings. The molecule has 21 heavy (non-hydrogen) atoms. The molecule has 0 spiro atoms. The van der Waals surface area contributed by atoms with Gasteiger partial charge in [0.15, 0.2) is 0 Å². The van der Waals surface area contributed by atoms with Gasteiger partial charge in [0.1, 0.15) is 10.8 Å². The fourth-order valence-corrected chi connectivity index (χ4v) is 2.35. The third-order valence-corrected chi connectivity index (χ3v) is 3.77. The number of pyridine rings is 1. The average molecular weight is 323 g/mol. The molecule has 0 aliphatic carbocycles. The van der Waals surface area contributed by atoms with Crippen molar-refractivity contribution >= 4 is 29.1 Å². The summed E-state index contributed by atoms with van der Waals surface area (Å²) in [5.41, 5.74) is 1.42. The number of hydrogen-bond donors (Lipinski definition) is 1. The Morgan fingerprint density at radius 3 is 2.62 bits per heavy atom. The number of nitrogens with zero attached hydrogens (tertiary/aromatic N) is 1. The van der Waals surface area contributed by atoms with E-state index in [1.165, 1.54) is 5.56 Å². The number of halogens is 2. The largest absolute Gasteiger partial charge is 0.351 e. The summed E-state index contributed by atoms with van der Waals surface area (Å²) in [6.07, 6.45) is 0.841. The summed E-state index contributed by atoms with van der Waals surface area (Å²) in [6, 6.07) is 13.3. The fourth-order valence-electron chi connectivity index (χ4n) is 2.01. The minimum absolute atomic E-state index is 0.163. The average Bonchev–Trinajstić information content (AvgIpc) is 2.50. The molecule has 0 saturated heterocycles. The van der Waals surface area contributed by atoms with Crippen molar-refractivity contribution < 1.29 is 4.79 Å². The zero-order valence-corrected chi connectivity index (χ0v) is 13.2. The minimum atomic E-state index is -0.303. The van der Waals surface area contributed by atoms with Crippen molar-refractivity contribution in [3.05, 3.63) is 63.9 Å². The summed E-state index contributed by atoms with van der Waals surface area (Å²) in [7, 11) is 0. The van der Waals surface area contributed by atoms with Gasteiger partial charge in [-0.2, -0.15) is 0 Å². The van der Waals surface area contributed by atoms with Gasteiger partial charge in [-0.05, 0) is 30.0 Å². The van der Waals surface area contributed by atoms with Crippen LogP contribution in [0.4, 0.5) is 0 Å². The molecule has 1 unspecified atom stereocenters. The van der Waals surface area contributed by atoms with Crippen molar-refractivity contribution in [3.63, 3.8) is 0 Å². The molecular weight excluding hydrogens is 307 g/mol. The number of nitrogens with one attached hydrogen (secondary N) is 1. The van der Waals surface area contributed by atoms with E-state index in [9.17, 15) is 4.79 Å². The molecule has 1 amide bonds. The Kier molecular flexibility index (Phi) is 5.59. The van der Waals surface area contributed by atoms with Gasteiger partial charge in [-0.15, -0.1) is 0 Å². The van der Waals surface area contributed by atoms with Crippen molar-refractivity contribution in [1.82, 2.24) is 10.3 Å². The highest BCUT2D eigenvalue weighted by Crippen LogP contribution is 2.19. The first-order valence-corrected chi connectivity index (χ1v) is 7.48. The lowest BCUT2D eigenvalue weighted by atomic mass is 9.98. The van der Waals surface area contributed by atoms with Gasteiger partial charge in [0, 0.05) is 6.54 Å². The monoisotopic (exact) mass is 322 g/mol. The first-order valence-electron chi connectivity index (χ1n) is 6.73. The van der Waals surface area contributed by atoms with Crippen molar-refractivity contribution in [2.24, 2.45) is 0 Å². The van der Waals surface area contributed by atoms with Gasteiger partial charge in [-0.25, -0.2) is 4.98 Å². The van der Waals surface area contributed by atoms with E-state index in [1.807, 2.05) is 18.2 Å². The molecule has 2 rings (SSSR count). The second kappa shape index (κ2) is 7.43. The second-order valence-electron chi connectivity index (χ2n) is 4.82. The van der Waals surface area contributed by atoms with E-state index in [0.29, 0.717) is 17.5 Å². The van der Waals surface area contributed by atoms with Crippen LogP contribution < -0.4 is 5.32 Å². The van der Waals surface area contributed by atoms with Crippen LogP contribution in [0.3, 0.4) is 0 Å². The van der Waals surface area contributed by atoms with Crippen LogP contribution in [0.5, 0.6) is 0 Å². The summed E-state index contributed by atoms with van der Waals surface area (Å²) in [6.45, 7) is 2.69. The van der Waals surface area contributed by atoms with E-state index in [2.05, 4.69) is 29.4 Å². The smallest absolute Gasteiger partial charge is 0.271 e. The first kappa shape index (κ1) is 15.8. The number of carbonyl (C=O) groups excluding carboxylic acids is 1. The zero-order valence-electron chi connectivity index (χ0n) is 11.6. The Hall–Kier alpha value is -1.58. The maximum Gasteiger partial charge on any atom is 0.271 e. The number of rotatable bonds is 5. The maximum atomic E-state index is 12.0. The summed E-state index contributed by atoms with van der Waals surface area (Å²) < 4.78 is 0. The number of carbonyl (C=O) groups is 1. The fraction of sp³-hybridized carbons (Fsp3) is 0.250. The van der Waals surface area contributed by atoms with Gasteiger partial charge in [-0.1, -0.05) is 60.5 Å². The van der Waals surface area contributed by atoms with Gasteiger partial charge in [0.05, 0.1) is 5.02 Å². The van der Waals surface area contributed by atoms with Crippen molar-refractivity contribution in [2.75, 3.05) is 6.54 Å². The first-order chi connectivity index (χ1) is 10.1. The standard InChI is InChI=1S/C16H16Cl2N2O/c1-11(12-5-3-2-4-6-12)9-10-19-16(21)15-13(17)7-8-14(18)20-15/h2-8,11H,9-10H2,1H3,(H,19,21). The molecule has 1 heterocycles. The van der Waals surface area contributed by atoms with E-state index < -0.39 is 0 Å². The van der Waals surface area contributed by atoms with E-state index in [4.69, 9.17) is 23.2 Å². The lowest BCUT2D eigenvalue weighted by Gasteiger charge is -2.12. The van der Waals surface area contributed by atoms with Gasteiger partial charge < -0.3 is 5.32 Å². The van der Waals surface area contributed by atoms with Gasteiger partial charge in [0.2, 0.25) is 0 Å². The Balaban J connectivity index is 1.88. The predicted octanol–water partition coefficient (Wildman–Crippen LogP) is 4.31. The van der Waals surface area contributed by atoms with Gasteiger partial charge >= 0.3 is 0 Å². The van der Waals surface area contributed by atoms with Gasteiger partial charge in [0.25, 0.3) is 5.91 Å². The predicted molar refractivity (Wildman–Crippen MR) is 86.1 cm³/mol. The number of amides is 1. The Morgan fingerprint density at radius 1 is 1.19 bits per heavy atom. The van der Waals surface area contributed by atoms with Crippen LogP contribution in [-0.4, -0.2) is 17.4 Å². The summed E-state index contributed by atoms with van der Waals surface area (Å²) in [5, 5.41) is 3.37.